The molecule has 1 amide bonds. The van der Waals surface area contributed by atoms with Gasteiger partial charge in [-0.05, 0) is 24.0 Å². The Morgan fingerprint density at radius 2 is 2.14 bits per heavy atom. The summed E-state index contributed by atoms with van der Waals surface area (Å²) >= 11 is 0. The van der Waals surface area contributed by atoms with Crippen LogP contribution in [-0.2, 0) is 4.79 Å². The fraction of sp³-hybridized carbons (Fsp3) is 0.300. The molecule has 1 aromatic carbocycles. The summed E-state index contributed by atoms with van der Waals surface area (Å²) in [6.45, 7) is 0. The van der Waals surface area contributed by atoms with Gasteiger partial charge in [-0.2, -0.15) is 0 Å². The zero-order chi connectivity index (χ0) is 10.3. The molecule has 1 fully saturated rings. The van der Waals surface area contributed by atoms with Crippen molar-refractivity contribution in [1.82, 2.24) is 0 Å². The van der Waals surface area contributed by atoms with Crippen LogP contribution in [0.15, 0.2) is 18.2 Å². The van der Waals surface area contributed by atoms with Crippen LogP contribution in [0.3, 0.4) is 0 Å². The third kappa shape index (κ3) is 1.47. The second kappa shape index (κ2) is 3.04. The van der Waals surface area contributed by atoms with Crippen LogP contribution in [-0.4, -0.2) is 5.91 Å². The van der Waals surface area contributed by atoms with Crippen molar-refractivity contribution in [2.24, 2.45) is 11.7 Å². The molecule has 0 bridgehead atoms. The van der Waals surface area contributed by atoms with Crippen molar-refractivity contribution in [3.63, 3.8) is 0 Å². The van der Waals surface area contributed by atoms with Gasteiger partial charge in [-0.3, -0.25) is 4.79 Å². The molecule has 2 rings (SSSR count). The molecule has 0 aromatic heterocycles. The van der Waals surface area contributed by atoms with Crippen molar-refractivity contribution in [3.8, 4) is 0 Å². The van der Waals surface area contributed by atoms with Gasteiger partial charge in [-0.15, -0.1) is 0 Å². The largest absolute Gasteiger partial charge is 0.369 e. The van der Waals surface area contributed by atoms with E-state index in [1.807, 2.05) is 0 Å². The molecule has 1 saturated carbocycles. The van der Waals surface area contributed by atoms with Crippen molar-refractivity contribution in [3.05, 3.63) is 35.4 Å². The number of rotatable bonds is 2. The Balaban J connectivity index is 2.23. The molecule has 4 heteroatoms. The Bertz CT molecular complexity index is 392. The smallest absolute Gasteiger partial charge is 0.221 e. The van der Waals surface area contributed by atoms with E-state index in [-0.39, 0.29) is 11.8 Å². The standard InChI is InChI=1S/C10H9F2NO/c11-5-1-2-6(9(12)3-5)7-4-8(7)10(13)14/h1-3,7-8H,4H2,(H2,13,14)/t7-,8-/m0/s1. The second-order valence-corrected chi connectivity index (χ2v) is 3.52. The first-order valence-electron chi connectivity index (χ1n) is 4.34. The summed E-state index contributed by atoms with van der Waals surface area (Å²) in [5.74, 6) is -2.07. The lowest BCUT2D eigenvalue weighted by atomic mass is 10.1. The number of carbonyl (C=O) groups excluding carboxylic acids is 1. The first-order chi connectivity index (χ1) is 6.59. The topological polar surface area (TPSA) is 43.1 Å². The van der Waals surface area contributed by atoms with Gasteiger partial charge in [-0.1, -0.05) is 6.07 Å². The third-order valence-corrected chi connectivity index (χ3v) is 2.52. The van der Waals surface area contributed by atoms with E-state index in [9.17, 15) is 13.6 Å². The lowest BCUT2D eigenvalue weighted by molar-refractivity contribution is -0.119. The Morgan fingerprint density at radius 3 is 2.64 bits per heavy atom. The van der Waals surface area contributed by atoms with Gasteiger partial charge in [0.1, 0.15) is 11.6 Å². The van der Waals surface area contributed by atoms with Crippen molar-refractivity contribution in [2.75, 3.05) is 0 Å². The lowest BCUT2D eigenvalue weighted by Gasteiger charge is -2.00. The predicted molar refractivity (Wildman–Crippen MR) is 46.4 cm³/mol. The number of amides is 1. The zero-order valence-corrected chi connectivity index (χ0v) is 7.34. The van der Waals surface area contributed by atoms with Gasteiger partial charge in [-0.25, -0.2) is 8.78 Å². The number of hydrogen-bond acceptors (Lipinski definition) is 1. The SMILES string of the molecule is NC(=O)[C@H]1C[C@H]1c1ccc(F)cc1F. The quantitative estimate of drug-likeness (QED) is 0.768. The number of nitrogens with two attached hydrogens (primary N) is 1. The Morgan fingerprint density at radius 1 is 1.43 bits per heavy atom. The maximum atomic E-state index is 13.2. The summed E-state index contributed by atoms with van der Waals surface area (Å²) in [6, 6.07) is 3.39. The van der Waals surface area contributed by atoms with Crippen molar-refractivity contribution < 1.29 is 13.6 Å². The number of halogens is 2. The molecular formula is C10H9F2NO. The number of carbonyl (C=O) groups is 1. The number of primary amides is 1. The highest BCUT2D eigenvalue weighted by Crippen LogP contribution is 2.47. The molecule has 0 saturated heterocycles. The molecule has 0 radical (unpaired) electrons. The van der Waals surface area contributed by atoms with E-state index >= 15 is 0 Å². The Hall–Kier alpha value is -1.45. The summed E-state index contributed by atoms with van der Waals surface area (Å²) < 4.78 is 25.7. The number of benzene rings is 1. The van der Waals surface area contributed by atoms with Crippen LogP contribution in [0.25, 0.3) is 0 Å². The van der Waals surface area contributed by atoms with E-state index in [2.05, 4.69) is 0 Å². The molecule has 0 unspecified atom stereocenters. The van der Waals surface area contributed by atoms with Gasteiger partial charge in [0.15, 0.2) is 0 Å². The van der Waals surface area contributed by atoms with E-state index in [0.717, 1.165) is 6.07 Å². The summed E-state index contributed by atoms with van der Waals surface area (Å²) in [7, 11) is 0. The molecule has 74 valence electrons. The Kier molecular flexibility index (Phi) is 1.98. The molecular weight excluding hydrogens is 188 g/mol. The third-order valence-electron chi connectivity index (χ3n) is 2.52. The van der Waals surface area contributed by atoms with Gasteiger partial charge < -0.3 is 5.73 Å². The minimum atomic E-state index is -0.609. The van der Waals surface area contributed by atoms with E-state index in [1.165, 1.54) is 12.1 Å². The van der Waals surface area contributed by atoms with Gasteiger partial charge in [0.2, 0.25) is 5.91 Å². The van der Waals surface area contributed by atoms with Crippen molar-refractivity contribution in [1.29, 1.82) is 0 Å². The molecule has 0 spiro atoms. The minimum absolute atomic E-state index is 0.159. The van der Waals surface area contributed by atoms with Crippen molar-refractivity contribution >= 4 is 5.91 Å². The normalized spacial score (nSPS) is 24.7. The highest BCUT2D eigenvalue weighted by molar-refractivity contribution is 5.81. The maximum absolute atomic E-state index is 13.2. The minimum Gasteiger partial charge on any atom is -0.369 e. The first kappa shape index (κ1) is 9.12. The molecule has 2 N–H and O–H groups in total. The first-order valence-corrected chi connectivity index (χ1v) is 4.34. The molecule has 14 heavy (non-hydrogen) atoms. The van der Waals surface area contributed by atoms with Crippen LogP contribution >= 0.6 is 0 Å². The molecule has 2 nitrogen and oxygen atoms in total. The summed E-state index contributed by atoms with van der Waals surface area (Å²) in [5, 5.41) is 0. The van der Waals surface area contributed by atoms with Gasteiger partial charge in [0.25, 0.3) is 0 Å². The van der Waals surface area contributed by atoms with Crippen LogP contribution < -0.4 is 5.73 Å². The molecule has 0 aliphatic heterocycles. The maximum Gasteiger partial charge on any atom is 0.221 e. The molecule has 1 aliphatic carbocycles. The summed E-state index contributed by atoms with van der Waals surface area (Å²) in [5.41, 5.74) is 5.45. The molecule has 2 atom stereocenters. The average molecular weight is 197 g/mol. The predicted octanol–water partition coefficient (Wildman–Crippen LogP) is 1.55. The van der Waals surface area contributed by atoms with Crippen molar-refractivity contribution in [2.45, 2.75) is 12.3 Å². The summed E-state index contributed by atoms with van der Waals surface area (Å²) in [6.07, 6.45) is 0.567. The summed E-state index contributed by atoms with van der Waals surface area (Å²) in [4.78, 5) is 10.7. The van der Waals surface area contributed by atoms with E-state index < -0.39 is 17.5 Å². The van der Waals surface area contributed by atoms with Gasteiger partial charge in [0, 0.05) is 12.0 Å². The van der Waals surface area contributed by atoms with E-state index in [4.69, 9.17) is 5.73 Å². The van der Waals surface area contributed by atoms with Crippen LogP contribution in [0.1, 0.15) is 17.9 Å². The molecule has 1 aliphatic rings. The van der Waals surface area contributed by atoms with E-state index in [1.54, 1.807) is 0 Å². The van der Waals surface area contributed by atoms with Crippen LogP contribution in [0.4, 0.5) is 8.78 Å². The number of hydrogen-bond donors (Lipinski definition) is 1. The molecule has 1 aromatic rings. The highest BCUT2D eigenvalue weighted by Gasteiger charge is 2.43. The monoisotopic (exact) mass is 197 g/mol. The fourth-order valence-corrected chi connectivity index (χ4v) is 1.66. The van der Waals surface area contributed by atoms with Crippen LogP contribution in [0.2, 0.25) is 0 Å². The van der Waals surface area contributed by atoms with Crippen LogP contribution in [0, 0.1) is 17.6 Å². The van der Waals surface area contributed by atoms with Crippen LogP contribution in [0.5, 0.6) is 0 Å². The van der Waals surface area contributed by atoms with E-state index in [0.29, 0.717) is 12.0 Å². The average Bonchev–Trinajstić information content (AvgIpc) is 2.83. The Labute approximate surface area is 79.7 Å². The highest BCUT2D eigenvalue weighted by atomic mass is 19.1. The fourth-order valence-electron chi connectivity index (χ4n) is 1.66. The molecule has 0 heterocycles. The second-order valence-electron chi connectivity index (χ2n) is 3.52. The van der Waals surface area contributed by atoms with Gasteiger partial charge >= 0.3 is 0 Å². The lowest BCUT2D eigenvalue weighted by Crippen LogP contribution is -2.13. The van der Waals surface area contributed by atoms with Gasteiger partial charge in [0.05, 0.1) is 0 Å². The zero-order valence-electron chi connectivity index (χ0n) is 7.34.